The van der Waals surface area contributed by atoms with Crippen molar-refractivity contribution in [2.75, 3.05) is 13.7 Å². The summed E-state index contributed by atoms with van der Waals surface area (Å²) in [5.41, 5.74) is 0.923. The zero-order valence-corrected chi connectivity index (χ0v) is 9.66. The summed E-state index contributed by atoms with van der Waals surface area (Å²) in [5, 5.41) is 0. The number of methoxy groups -OCH3 is 1. The van der Waals surface area contributed by atoms with E-state index in [4.69, 9.17) is 9.47 Å². The SMILES string of the molecule is C=CCOc1cc(CC(C)=O)ccc1OC. The molecule has 0 saturated carbocycles. The van der Waals surface area contributed by atoms with Crippen LogP contribution >= 0.6 is 0 Å². The van der Waals surface area contributed by atoms with Crippen molar-refractivity contribution < 1.29 is 14.3 Å². The number of carbonyl (C=O) groups is 1. The van der Waals surface area contributed by atoms with Gasteiger partial charge in [-0.05, 0) is 24.6 Å². The zero-order valence-electron chi connectivity index (χ0n) is 9.66. The molecule has 3 heteroatoms. The van der Waals surface area contributed by atoms with E-state index in [-0.39, 0.29) is 5.78 Å². The third-order valence-corrected chi connectivity index (χ3v) is 2.04. The van der Waals surface area contributed by atoms with Gasteiger partial charge in [-0.25, -0.2) is 0 Å². The highest BCUT2D eigenvalue weighted by Gasteiger charge is 2.06. The summed E-state index contributed by atoms with van der Waals surface area (Å²) < 4.78 is 10.6. The predicted octanol–water partition coefficient (Wildman–Crippen LogP) is 2.39. The Morgan fingerprint density at radius 2 is 2.19 bits per heavy atom. The van der Waals surface area contributed by atoms with E-state index in [2.05, 4.69) is 6.58 Å². The molecule has 0 unspecified atom stereocenters. The van der Waals surface area contributed by atoms with Crippen molar-refractivity contribution in [3.63, 3.8) is 0 Å². The topological polar surface area (TPSA) is 35.5 Å². The van der Waals surface area contributed by atoms with Gasteiger partial charge < -0.3 is 9.47 Å². The number of benzene rings is 1. The summed E-state index contributed by atoms with van der Waals surface area (Å²) in [4.78, 5) is 11.0. The molecule has 0 aliphatic carbocycles. The van der Waals surface area contributed by atoms with Crippen molar-refractivity contribution in [3.8, 4) is 11.5 Å². The lowest BCUT2D eigenvalue weighted by molar-refractivity contribution is -0.116. The van der Waals surface area contributed by atoms with Gasteiger partial charge in [0, 0.05) is 6.42 Å². The molecule has 0 aromatic heterocycles. The quantitative estimate of drug-likeness (QED) is 0.690. The average molecular weight is 220 g/mol. The highest BCUT2D eigenvalue weighted by molar-refractivity contribution is 5.78. The van der Waals surface area contributed by atoms with E-state index in [9.17, 15) is 4.79 Å². The van der Waals surface area contributed by atoms with Crippen molar-refractivity contribution in [3.05, 3.63) is 36.4 Å². The Kier molecular flexibility index (Phi) is 4.58. The van der Waals surface area contributed by atoms with Gasteiger partial charge in [-0.2, -0.15) is 0 Å². The maximum absolute atomic E-state index is 11.0. The van der Waals surface area contributed by atoms with Gasteiger partial charge in [0.1, 0.15) is 12.4 Å². The maximum Gasteiger partial charge on any atom is 0.161 e. The van der Waals surface area contributed by atoms with Crippen molar-refractivity contribution >= 4 is 5.78 Å². The van der Waals surface area contributed by atoms with Crippen LogP contribution in [0.15, 0.2) is 30.9 Å². The Morgan fingerprint density at radius 3 is 2.75 bits per heavy atom. The Hall–Kier alpha value is -1.77. The van der Waals surface area contributed by atoms with Crippen LogP contribution in [-0.2, 0) is 11.2 Å². The van der Waals surface area contributed by atoms with Crippen molar-refractivity contribution in [1.29, 1.82) is 0 Å². The molecule has 0 spiro atoms. The van der Waals surface area contributed by atoms with Gasteiger partial charge in [0.2, 0.25) is 0 Å². The smallest absolute Gasteiger partial charge is 0.161 e. The fraction of sp³-hybridized carbons (Fsp3) is 0.308. The summed E-state index contributed by atoms with van der Waals surface area (Å²) in [6.45, 7) is 5.56. The summed E-state index contributed by atoms with van der Waals surface area (Å²) in [5.74, 6) is 1.43. The molecule has 0 heterocycles. The fourth-order valence-electron chi connectivity index (χ4n) is 1.38. The molecule has 0 atom stereocenters. The molecule has 0 aliphatic heterocycles. The van der Waals surface area contributed by atoms with Gasteiger partial charge in [-0.3, -0.25) is 4.79 Å². The lowest BCUT2D eigenvalue weighted by atomic mass is 10.1. The van der Waals surface area contributed by atoms with Crippen LogP contribution < -0.4 is 9.47 Å². The monoisotopic (exact) mass is 220 g/mol. The second kappa shape index (κ2) is 5.95. The average Bonchev–Trinajstić information content (AvgIpc) is 2.25. The second-order valence-corrected chi connectivity index (χ2v) is 3.46. The van der Waals surface area contributed by atoms with E-state index >= 15 is 0 Å². The summed E-state index contributed by atoms with van der Waals surface area (Å²) in [7, 11) is 1.58. The molecule has 0 fully saturated rings. The Morgan fingerprint density at radius 1 is 1.44 bits per heavy atom. The molecular weight excluding hydrogens is 204 g/mol. The van der Waals surface area contributed by atoms with Gasteiger partial charge in [-0.1, -0.05) is 18.7 Å². The Labute approximate surface area is 95.7 Å². The van der Waals surface area contributed by atoms with Crippen molar-refractivity contribution in [2.24, 2.45) is 0 Å². The first-order valence-electron chi connectivity index (χ1n) is 5.07. The molecule has 0 amide bonds. The molecule has 0 saturated heterocycles. The van der Waals surface area contributed by atoms with Crippen LogP contribution in [0.25, 0.3) is 0 Å². The highest BCUT2D eigenvalue weighted by Crippen LogP contribution is 2.28. The number of Topliss-reactive ketones (excluding diaryl/α,β-unsaturated/α-hetero) is 1. The minimum Gasteiger partial charge on any atom is -0.493 e. The molecule has 0 aliphatic rings. The van der Waals surface area contributed by atoms with Gasteiger partial charge >= 0.3 is 0 Å². The van der Waals surface area contributed by atoms with Crippen LogP contribution in [0.1, 0.15) is 12.5 Å². The van der Waals surface area contributed by atoms with E-state index < -0.39 is 0 Å². The van der Waals surface area contributed by atoms with E-state index in [0.29, 0.717) is 24.5 Å². The largest absolute Gasteiger partial charge is 0.493 e. The van der Waals surface area contributed by atoms with Crippen LogP contribution in [0.3, 0.4) is 0 Å². The standard InChI is InChI=1S/C13H16O3/c1-4-7-16-13-9-11(8-10(2)14)5-6-12(13)15-3/h4-6,9H,1,7-8H2,2-3H3. The van der Waals surface area contributed by atoms with Gasteiger partial charge in [0.05, 0.1) is 7.11 Å². The molecule has 16 heavy (non-hydrogen) atoms. The van der Waals surface area contributed by atoms with Crippen LogP contribution in [-0.4, -0.2) is 19.5 Å². The van der Waals surface area contributed by atoms with Crippen LogP contribution in [0.2, 0.25) is 0 Å². The number of hydrogen-bond donors (Lipinski definition) is 0. The number of hydrogen-bond acceptors (Lipinski definition) is 3. The normalized spacial score (nSPS) is 9.62. The first kappa shape index (κ1) is 12.3. The maximum atomic E-state index is 11.0. The molecule has 1 aromatic carbocycles. The number of rotatable bonds is 6. The first-order chi connectivity index (χ1) is 7.67. The van der Waals surface area contributed by atoms with Crippen LogP contribution in [0.4, 0.5) is 0 Å². The summed E-state index contributed by atoms with van der Waals surface area (Å²) in [6.07, 6.45) is 2.07. The van der Waals surface area contributed by atoms with Crippen LogP contribution in [0.5, 0.6) is 11.5 Å². The lowest BCUT2D eigenvalue weighted by Gasteiger charge is -2.10. The molecule has 0 radical (unpaired) electrons. The van der Waals surface area contributed by atoms with E-state index in [1.165, 1.54) is 0 Å². The number of carbonyl (C=O) groups excluding carboxylic acids is 1. The van der Waals surface area contributed by atoms with Crippen molar-refractivity contribution in [2.45, 2.75) is 13.3 Å². The van der Waals surface area contributed by atoms with E-state index in [0.717, 1.165) is 5.56 Å². The van der Waals surface area contributed by atoms with Crippen molar-refractivity contribution in [1.82, 2.24) is 0 Å². The third-order valence-electron chi connectivity index (χ3n) is 2.04. The molecule has 1 rings (SSSR count). The molecule has 86 valence electrons. The summed E-state index contributed by atoms with van der Waals surface area (Å²) >= 11 is 0. The lowest BCUT2D eigenvalue weighted by Crippen LogP contribution is -2.00. The van der Waals surface area contributed by atoms with E-state index in [1.807, 2.05) is 12.1 Å². The minimum absolute atomic E-state index is 0.125. The number of ether oxygens (including phenoxy) is 2. The zero-order chi connectivity index (χ0) is 12.0. The molecule has 0 bridgehead atoms. The Balaban J connectivity index is 2.91. The summed E-state index contributed by atoms with van der Waals surface area (Å²) in [6, 6.07) is 5.49. The van der Waals surface area contributed by atoms with Gasteiger partial charge in [-0.15, -0.1) is 0 Å². The van der Waals surface area contributed by atoms with Gasteiger partial charge in [0.15, 0.2) is 11.5 Å². The fourth-order valence-corrected chi connectivity index (χ4v) is 1.38. The number of ketones is 1. The highest BCUT2D eigenvalue weighted by atomic mass is 16.5. The molecule has 1 aromatic rings. The Bertz CT molecular complexity index is 383. The van der Waals surface area contributed by atoms with Crippen LogP contribution in [0, 0.1) is 0 Å². The first-order valence-corrected chi connectivity index (χ1v) is 5.07. The minimum atomic E-state index is 0.125. The third kappa shape index (κ3) is 3.42. The molecular formula is C13H16O3. The van der Waals surface area contributed by atoms with E-state index in [1.54, 1.807) is 26.2 Å². The predicted molar refractivity (Wildman–Crippen MR) is 63.1 cm³/mol. The molecule has 3 nitrogen and oxygen atoms in total. The molecule has 0 N–H and O–H groups in total. The second-order valence-electron chi connectivity index (χ2n) is 3.46. The van der Waals surface area contributed by atoms with Gasteiger partial charge in [0.25, 0.3) is 0 Å².